The Hall–Kier alpha value is -1.82. The van der Waals surface area contributed by atoms with Gasteiger partial charge < -0.3 is 0 Å². The Morgan fingerprint density at radius 2 is 1.86 bits per heavy atom. The molecule has 2 aromatic rings. The topological polar surface area (TPSA) is 0 Å². The summed E-state index contributed by atoms with van der Waals surface area (Å²) in [6.07, 6.45) is 8.31. The molecule has 1 atom stereocenters. The van der Waals surface area contributed by atoms with Gasteiger partial charge in [-0.05, 0) is 58.2 Å². The van der Waals surface area contributed by atoms with E-state index < -0.39 is 0 Å². The van der Waals surface area contributed by atoms with E-state index >= 15 is 0 Å². The first-order valence-electron chi connectivity index (χ1n) is 8.13. The minimum atomic E-state index is 0.138. The lowest BCUT2D eigenvalue weighted by Crippen LogP contribution is -2.29. The molecule has 3 aliphatic carbocycles. The van der Waals surface area contributed by atoms with Gasteiger partial charge in [0.25, 0.3) is 0 Å². The summed E-state index contributed by atoms with van der Waals surface area (Å²) in [6, 6.07) is 11.7. The minimum Gasteiger partial charge on any atom is -0.0795 e. The van der Waals surface area contributed by atoms with Crippen LogP contribution < -0.4 is 0 Å². The molecule has 3 aliphatic rings. The number of rotatable bonds is 0. The number of aryl methyl sites for hydroxylation is 1. The van der Waals surface area contributed by atoms with Gasteiger partial charge in [-0.2, -0.15) is 0 Å². The van der Waals surface area contributed by atoms with Gasteiger partial charge in [-0.25, -0.2) is 0 Å². The first kappa shape index (κ1) is 11.8. The standard InChI is InChI=1S/C21H20/c1-21(2)17-8-4-6-14-9-11-16(19(14)17)20-15-7-3-5-13(15)10-12-18(20)21/h3-6,8,10,12,16H,7,9,11H2,1-2H3. The maximum absolute atomic E-state index is 2.41. The molecule has 0 fully saturated rings. The van der Waals surface area contributed by atoms with Crippen LogP contribution in [0.1, 0.15) is 65.1 Å². The number of fused-ring (bicyclic) bond motifs is 4. The number of hydrogen-bond donors (Lipinski definition) is 0. The van der Waals surface area contributed by atoms with E-state index in [-0.39, 0.29) is 5.41 Å². The van der Waals surface area contributed by atoms with Crippen LogP contribution >= 0.6 is 0 Å². The predicted octanol–water partition coefficient (Wildman–Crippen LogP) is 4.97. The van der Waals surface area contributed by atoms with Crippen molar-refractivity contribution in [2.24, 2.45) is 0 Å². The van der Waals surface area contributed by atoms with Crippen LogP contribution in [0.5, 0.6) is 0 Å². The van der Waals surface area contributed by atoms with Crippen molar-refractivity contribution in [3.8, 4) is 0 Å². The van der Waals surface area contributed by atoms with Crippen LogP contribution in [-0.4, -0.2) is 0 Å². The molecule has 0 spiro atoms. The normalized spacial score (nSPS) is 22.9. The third kappa shape index (κ3) is 1.31. The van der Waals surface area contributed by atoms with Crippen LogP contribution in [0.2, 0.25) is 0 Å². The Bertz CT molecular complexity index is 805. The molecule has 0 saturated heterocycles. The molecule has 0 aromatic heterocycles. The van der Waals surface area contributed by atoms with Gasteiger partial charge in [-0.1, -0.05) is 56.3 Å². The average molecular weight is 272 g/mol. The first-order chi connectivity index (χ1) is 10.2. The fourth-order valence-corrected chi connectivity index (χ4v) is 4.98. The van der Waals surface area contributed by atoms with Crippen molar-refractivity contribution in [1.82, 2.24) is 0 Å². The van der Waals surface area contributed by atoms with Crippen molar-refractivity contribution in [2.45, 2.75) is 44.4 Å². The van der Waals surface area contributed by atoms with Crippen LogP contribution in [0, 0.1) is 0 Å². The zero-order valence-electron chi connectivity index (χ0n) is 12.7. The maximum atomic E-state index is 2.41. The Balaban J connectivity index is 1.89. The molecule has 104 valence electrons. The van der Waals surface area contributed by atoms with Gasteiger partial charge in [-0.3, -0.25) is 0 Å². The van der Waals surface area contributed by atoms with E-state index in [4.69, 9.17) is 0 Å². The fraction of sp³-hybridized carbons (Fsp3) is 0.333. The summed E-state index contributed by atoms with van der Waals surface area (Å²) in [4.78, 5) is 0. The molecule has 1 unspecified atom stereocenters. The van der Waals surface area contributed by atoms with E-state index in [0.717, 1.165) is 6.42 Å². The second-order valence-electron chi connectivity index (χ2n) is 7.30. The van der Waals surface area contributed by atoms with E-state index in [0.29, 0.717) is 5.92 Å². The minimum absolute atomic E-state index is 0.138. The van der Waals surface area contributed by atoms with Crippen molar-refractivity contribution < 1.29 is 0 Å². The average Bonchev–Trinajstić information content (AvgIpc) is 3.11. The van der Waals surface area contributed by atoms with Gasteiger partial charge in [0, 0.05) is 11.3 Å². The lowest BCUT2D eigenvalue weighted by Gasteiger charge is -2.39. The van der Waals surface area contributed by atoms with E-state index in [9.17, 15) is 0 Å². The van der Waals surface area contributed by atoms with Crippen LogP contribution in [0.3, 0.4) is 0 Å². The summed E-state index contributed by atoms with van der Waals surface area (Å²) in [7, 11) is 0. The van der Waals surface area contributed by atoms with Crippen LogP contribution in [-0.2, 0) is 18.3 Å². The zero-order chi connectivity index (χ0) is 14.2. The predicted molar refractivity (Wildman–Crippen MR) is 87.9 cm³/mol. The Morgan fingerprint density at radius 3 is 2.76 bits per heavy atom. The van der Waals surface area contributed by atoms with Crippen molar-refractivity contribution in [2.75, 3.05) is 0 Å². The van der Waals surface area contributed by atoms with E-state index in [1.807, 2.05) is 0 Å². The second kappa shape index (κ2) is 3.68. The summed E-state index contributed by atoms with van der Waals surface area (Å²) in [6.45, 7) is 4.81. The SMILES string of the molecule is CC1(C)c2cccc3c2C(CC3)c2c1ccc1c2CC=C1. The Morgan fingerprint density at radius 1 is 1.00 bits per heavy atom. The highest BCUT2D eigenvalue weighted by Gasteiger charge is 2.42. The summed E-state index contributed by atoms with van der Waals surface area (Å²) in [5.41, 5.74) is 11.3. The van der Waals surface area contributed by atoms with Gasteiger partial charge in [0.1, 0.15) is 0 Å². The number of allylic oxidation sites excluding steroid dienone is 1. The van der Waals surface area contributed by atoms with Gasteiger partial charge in [-0.15, -0.1) is 0 Å². The fourth-order valence-electron chi connectivity index (χ4n) is 4.98. The molecule has 0 nitrogen and oxygen atoms in total. The Kier molecular flexibility index (Phi) is 2.07. The third-order valence-electron chi connectivity index (χ3n) is 5.96. The molecule has 0 N–H and O–H groups in total. The third-order valence-corrected chi connectivity index (χ3v) is 5.96. The van der Waals surface area contributed by atoms with E-state index in [1.165, 1.54) is 18.4 Å². The Labute approximate surface area is 126 Å². The molecule has 0 bridgehead atoms. The maximum Gasteiger partial charge on any atom is 0.0152 e. The molecule has 0 radical (unpaired) electrons. The zero-order valence-corrected chi connectivity index (χ0v) is 12.7. The molecular weight excluding hydrogens is 252 g/mol. The highest BCUT2D eigenvalue weighted by molar-refractivity contribution is 5.69. The van der Waals surface area contributed by atoms with E-state index in [2.05, 4.69) is 56.3 Å². The van der Waals surface area contributed by atoms with Gasteiger partial charge in [0.2, 0.25) is 0 Å². The van der Waals surface area contributed by atoms with Gasteiger partial charge in [0.05, 0.1) is 0 Å². The quantitative estimate of drug-likeness (QED) is 0.635. The first-order valence-corrected chi connectivity index (χ1v) is 8.13. The largest absolute Gasteiger partial charge is 0.0795 e. The molecular formula is C21H20. The summed E-state index contributed by atoms with van der Waals surface area (Å²) in [5, 5.41) is 0. The summed E-state index contributed by atoms with van der Waals surface area (Å²) >= 11 is 0. The summed E-state index contributed by atoms with van der Waals surface area (Å²) < 4.78 is 0. The van der Waals surface area contributed by atoms with Crippen LogP contribution in [0.4, 0.5) is 0 Å². The van der Waals surface area contributed by atoms with Gasteiger partial charge >= 0.3 is 0 Å². The molecule has 2 aromatic carbocycles. The number of benzene rings is 2. The lowest BCUT2D eigenvalue weighted by atomic mass is 9.64. The molecule has 0 heteroatoms. The summed E-state index contributed by atoms with van der Waals surface area (Å²) in [5.74, 6) is 0.647. The van der Waals surface area contributed by atoms with Crippen molar-refractivity contribution in [3.63, 3.8) is 0 Å². The van der Waals surface area contributed by atoms with Crippen LogP contribution in [0.25, 0.3) is 6.08 Å². The van der Waals surface area contributed by atoms with E-state index in [1.54, 1.807) is 33.4 Å². The van der Waals surface area contributed by atoms with Crippen molar-refractivity contribution >= 4 is 6.08 Å². The number of hydrogen-bond acceptors (Lipinski definition) is 0. The molecule has 0 aliphatic heterocycles. The van der Waals surface area contributed by atoms with Crippen molar-refractivity contribution in [3.05, 3.63) is 75.4 Å². The lowest BCUT2D eigenvalue weighted by molar-refractivity contribution is 0.582. The van der Waals surface area contributed by atoms with Gasteiger partial charge in [0.15, 0.2) is 0 Å². The molecule has 5 rings (SSSR count). The smallest absolute Gasteiger partial charge is 0.0152 e. The highest BCUT2D eigenvalue weighted by atomic mass is 14.5. The molecule has 21 heavy (non-hydrogen) atoms. The molecule has 0 saturated carbocycles. The second-order valence-corrected chi connectivity index (χ2v) is 7.30. The molecule has 0 heterocycles. The monoisotopic (exact) mass is 272 g/mol. The van der Waals surface area contributed by atoms with Crippen LogP contribution in [0.15, 0.2) is 36.4 Å². The molecule has 0 amide bonds. The van der Waals surface area contributed by atoms with Crippen molar-refractivity contribution in [1.29, 1.82) is 0 Å². The highest BCUT2D eigenvalue weighted by Crippen LogP contribution is 2.54.